The lowest BCUT2D eigenvalue weighted by molar-refractivity contribution is 0.641. The Kier molecular flexibility index (Phi) is 4.16. The fourth-order valence-electron chi connectivity index (χ4n) is 0.801. The van der Waals surface area contributed by atoms with Gasteiger partial charge in [0.1, 0.15) is 5.03 Å². The highest BCUT2D eigenvalue weighted by Gasteiger charge is 2.10. The van der Waals surface area contributed by atoms with Crippen molar-refractivity contribution < 1.29 is 0 Å². The Morgan fingerprint density at radius 3 is 2.64 bits per heavy atom. The van der Waals surface area contributed by atoms with Crippen molar-refractivity contribution in [2.75, 3.05) is 5.43 Å². The first kappa shape index (κ1) is 11.3. The minimum atomic E-state index is 0.525. The maximum atomic E-state index is 5.25. The normalized spacial score (nSPS) is 12.9. The minimum absolute atomic E-state index is 0.525. The van der Waals surface area contributed by atoms with E-state index in [0.717, 1.165) is 5.03 Å². The molecule has 1 heterocycles. The largest absolute Gasteiger partial charge is 0.307 e. The first-order chi connectivity index (χ1) is 6.63. The zero-order chi connectivity index (χ0) is 10.6. The van der Waals surface area contributed by atoms with Crippen LogP contribution in [0.2, 0.25) is 0 Å². The second-order valence-corrected chi connectivity index (χ2v) is 4.85. The lowest BCUT2D eigenvalue weighted by Gasteiger charge is -2.13. The molecule has 0 fully saturated rings. The molecule has 14 heavy (non-hydrogen) atoms. The van der Waals surface area contributed by atoms with Crippen LogP contribution in [0.3, 0.4) is 0 Å². The SMILES string of the molecule is CC(C)C(C)Sc1cncc(NN)n1. The van der Waals surface area contributed by atoms with Crippen LogP contribution in [0, 0.1) is 5.92 Å². The monoisotopic (exact) mass is 212 g/mol. The van der Waals surface area contributed by atoms with Crippen molar-refractivity contribution in [2.45, 2.75) is 31.0 Å². The van der Waals surface area contributed by atoms with Crippen LogP contribution < -0.4 is 11.3 Å². The third-order valence-electron chi connectivity index (χ3n) is 2.01. The maximum absolute atomic E-state index is 5.25. The van der Waals surface area contributed by atoms with E-state index in [1.807, 2.05) is 0 Å². The molecule has 1 rings (SSSR count). The van der Waals surface area contributed by atoms with E-state index in [9.17, 15) is 0 Å². The van der Waals surface area contributed by atoms with Crippen molar-refractivity contribution in [1.82, 2.24) is 9.97 Å². The molecule has 0 aromatic carbocycles. The highest BCUT2D eigenvalue weighted by molar-refractivity contribution is 7.99. The van der Waals surface area contributed by atoms with Gasteiger partial charge in [0.2, 0.25) is 0 Å². The van der Waals surface area contributed by atoms with Crippen molar-refractivity contribution in [2.24, 2.45) is 11.8 Å². The average Bonchev–Trinajstić information content (AvgIpc) is 2.18. The van der Waals surface area contributed by atoms with Gasteiger partial charge in [-0.1, -0.05) is 20.8 Å². The Balaban J connectivity index is 2.66. The van der Waals surface area contributed by atoms with Crippen LogP contribution in [0.25, 0.3) is 0 Å². The van der Waals surface area contributed by atoms with Gasteiger partial charge < -0.3 is 5.43 Å². The van der Waals surface area contributed by atoms with Crippen LogP contribution in [0.1, 0.15) is 20.8 Å². The molecule has 0 amide bonds. The number of anilines is 1. The van der Waals surface area contributed by atoms with Gasteiger partial charge >= 0.3 is 0 Å². The van der Waals surface area contributed by atoms with Crippen molar-refractivity contribution in [3.63, 3.8) is 0 Å². The number of hydrogen-bond donors (Lipinski definition) is 2. The first-order valence-electron chi connectivity index (χ1n) is 4.58. The molecule has 3 N–H and O–H groups in total. The van der Waals surface area contributed by atoms with Gasteiger partial charge in [0.25, 0.3) is 0 Å². The standard InChI is InChI=1S/C9H16N4S/c1-6(2)7(3)14-9-5-11-4-8(12-9)13-10/h4-7H,10H2,1-3H3,(H,12,13). The lowest BCUT2D eigenvalue weighted by Crippen LogP contribution is -2.10. The lowest BCUT2D eigenvalue weighted by atomic mass is 10.2. The van der Waals surface area contributed by atoms with E-state index in [2.05, 4.69) is 36.2 Å². The number of nitrogens with zero attached hydrogens (tertiary/aromatic N) is 2. The smallest absolute Gasteiger partial charge is 0.159 e. The van der Waals surface area contributed by atoms with E-state index >= 15 is 0 Å². The van der Waals surface area contributed by atoms with Crippen molar-refractivity contribution in [1.29, 1.82) is 0 Å². The van der Waals surface area contributed by atoms with E-state index < -0.39 is 0 Å². The molecule has 78 valence electrons. The summed E-state index contributed by atoms with van der Waals surface area (Å²) in [5.41, 5.74) is 2.48. The van der Waals surface area contributed by atoms with Gasteiger partial charge in [-0.25, -0.2) is 10.8 Å². The number of nitrogens with one attached hydrogen (secondary N) is 1. The third-order valence-corrected chi connectivity index (χ3v) is 3.36. The Hall–Kier alpha value is -0.810. The van der Waals surface area contributed by atoms with E-state index in [1.54, 1.807) is 24.2 Å². The van der Waals surface area contributed by atoms with Crippen LogP contribution in [-0.2, 0) is 0 Å². The number of rotatable bonds is 4. The van der Waals surface area contributed by atoms with Gasteiger partial charge in [-0.3, -0.25) is 4.98 Å². The van der Waals surface area contributed by atoms with Gasteiger partial charge in [0, 0.05) is 5.25 Å². The van der Waals surface area contributed by atoms with Gasteiger partial charge in [-0.05, 0) is 5.92 Å². The molecule has 0 saturated carbocycles. The van der Waals surface area contributed by atoms with E-state index in [-0.39, 0.29) is 0 Å². The van der Waals surface area contributed by atoms with Crippen molar-refractivity contribution >= 4 is 17.6 Å². The molecule has 1 atom stereocenters. The van der Waals surface area contributed by atoms with Crippen LogP contribution in [0.5, 0.6) is 0 Å². The Bertz CT molecular complexity index is 290. The number of hydrazine groups is 1. The van der Waals surface area contributed by atoms with Gasteiger partial charge in [0.05, 0.1) is 12.4 Å². The summed E-state index contributed by atoms with van der Waals surface area (Å²) in [5.74, 6) is 6.47. The van der Waals surface area contributed by atoms with Crippen LogP contribution in [0.15, 0.2) is 17.4 Å². The summed E-state index contributed by atoms with van der Waals surface area (Å²) in [6.45, 7) is 6.56. The summed E-state index contributed by atoms with van der Waals surface area (Å²) in [5, 5.41) is 1.43. The average molecular weight is 212 g/mol. The molecule has 0 aliphatic heterocycles. The number of hydrogen-bond acceptors (Lipinski definition) is 5. The van der Waals surface area contributed by atoms with Crippen molar-refractivity contribution in [3.05, 3.63) is 12.4 Å². The Labute approximate surface area is 88.7 Å². The summed E-state index contributed by atoms with van der Waals surface area (Å²) in [6.07, 6.45) is 3.36. The summed E-state index contributed by atoms with van der Waals surface area (Å²) < 4.78 is 0. The second kappa shape index (κ2) is 5.17. The molecular weight excluding hydrogens is 196 g/mol. The molecule has 0 radical (unpaired) electrons. The zero-order valence-corrected chi connectivity index (χ0v) is 9.51. The maximum Gasteiger partial charge on any atom is 0.159 e. The fraction of sp³-hybridized carbons (Fsp3) is 0.556. The van der Waals surface area contributed by atoms with E-state index in [4.69, 9.17) is 5.84 Å². The predicted molar refractivity (Wildman–Crippen MR) is 60.0 cm³/mol. The minimum Gasteiger partial charge on any atom is -0.307 e. The first-order valence-corrected chi connectivity index (χ1v) is 5.46. The molecule has 4 nitrogen and oxygen atoms in total. The molecule has 1 aromatic rings. The summed E-state index contributed by atoms with van der Waals surface area (Å²) >= 11 is 1.71. The second-order valence-electron chi connectivity index (χ2n) is 3.45. The predicted octanol–water partition coefficient (Wildman–Crippen LogP) is 1.90. The molecule has 1 aromatic heterocycles. The van der Waals surface area contributed by atoms with Crippen molar-refractivity contribution in [3.8, 4) is 0 Å². The van der Waals surface area contributed by atoms with E-state index in [1.165, 1.54) is 0 Å². The molecule has 1 unspecified atom stereocenters. The highest BCUT2D eigenvalue weighted by Crippen LogP contribution is 2.25. The highest BCUT2D eigenvalue weighted by atomic mass is 32.2. The summed E-state index contributed by atoms with van der Waals surface area (Å²) in [7, 11) is 0. The van der Waals surface area contributed by atoms with Crippen LogP contribution >= 0.6 is 11.8 Å². The Morgan fingerprint density at radius 1 is 1.36 bits per heavy atom. The van der Waals surface area contributed by atoms with Gasteiger partial charge in [0.15, 0.2) is 5.82 Å². The topological polar surface area (TPSA) is 63.8 Å². The fourth-order valence-corrected chi connectivity index (χ4v) is 1.73. The van der Waals surface area contributed by atoms with Crippen LogP contribution in [-0.4, -0.2) is 15.2 Å². The molecule has 0 aliphatic rings. The quantitative estimate of drug-likeness (QED) is 0.453. The molecule has 0 aliphatic carbocycles. The Morgan fingerprint density at radius 2 is 2.07 bits per heavy atom. The molecule has 5 heteroatoms. The van der Waals surface area contributed by atoms with Crippen LogP contribution in [0.4, 0.5) is 5.82 Å². The number of thioether (sulfide) groups is 1. The van der Waals surface area contributed by atoms with E-state index in [0.29, 0.717) is 17.0 Å². The molecule has 0 bridgehead atoms. The third kappa shape index (κ3) is 3.16. The summed E-state index contributed by atoms with van der Waals surface area (Å²) in [4.78, 5) is 8.32. The van der Waals surface area contributed by atoms with Gasteiger partial charge in [-0.15, -0.1) is 11.8 Å². The molecular formula is C9H16N4S. The summed E-state index contributed by atoms with van der Waals surface area (Å²) in [6, 6.07) is 0. The number of nitrogens with two attached hydrogens (primary N) is 1. The zero-order valence-electron chi connectivity index (χ0n) is 8.69. The number of aromatic nitrogens is 2. The van der Waals surface area contributed by atoms with Gasteiger partial charge in [-0.2, -0.15) is 0 Å². The molecule has 0 saturated heterocycles. The molecule has 0 spiro atoms. The number of nitrogen functional groups attached to an aromatic ring is 1.